The average molecular weight is 1140 g/mol. The number of rotatable bonds is 17. The third-order valence-corrected chi connectivity index (χ3v) is 11.4. The number of aliphatic carboxylic acids is 2. The zero-order valence-corrected chi connectivity index (χ0v) is 42.9. The van der Waals surface area contributed by atoms with Crippen LogP contribution in [0.3, 0.4) is 0 Å². The standard InChI is InChI=1S/C34H48N16O10S3.C3H5N3O2.CH3F.Mn/c51-24-17-48(32(58)39-24)42-29(61)35-7-2-10-45-11-13-46(22(27(54)55)5-8-36-30(62)43-49-18-25(52)40-33(49)59)15-20-3-1-4-21(38-20)16-47(14-12-45)23(28(56)57)6-9-37-31(63)44-50-19-26(53)41-34(50)60;4-6-1-2(7)5-3(6)8;1-2;/h1,3-4,22-23H,2,5-19H2,(H,54,55)(H,56,57)(H2,35,42,61)(H2,36,43,62)(H2,37,44,63)(H,39,51,58)(H,40,52,59)(H,41,53,60);1,4H2,(H,5,7,8);1H3;/i;;1D;. The van der Waals surface area contributed by atoms with E-state index < -0.39 is 73.0 Å². The van der Waals surface area contributed by atoms with E-state index in [-0.39, 0.29) is 117 Å². The molecule has 74 heavy (non-hydrogen) atoms. The van der Waals surface area contributed by atoms with Crippen molar-refractivity contribution in [2.75, 3.05) is 85.7 Å². The predicted molar refractivity (Wildman–Crippen MR) is 262 cm³/mol. The van der Waals surface area contributed by atoms with Gasteiger partial charge in [0.15, 0.2) is 15.3 Å². The van der Waals surface area contributed by atoms with Gasteiger partial charge in [0.2, 0.25) is 23.6 Å². The van der Waals surface area contributed by atoms with Crippen molar-refractivity contribution in [2.24, 2.45) is 5.84 Å². The van der Waals surface area contributed by atoms with Crippen LogP contribution in [0.4, 0.5) is 23.6 Å². The van der Waals surface area contributed by atoms with Crippen molar-refractivity contribution >= 4 is 112 Å². The summed E-state index contributed by atoms with van der Waals surface area (Å²) in [4.78, 5) is 127. The van der Waals surface area contributed by atoms with Gasteiger partial charge in [-0.25, -0.2) is 40.0 Å². The molecule has 2 bridgehead atoms. The number of halogens is 1. The Morgan fingerprint density at radius 2 is 1.01 bits per heavy atom. The number of nitrogens with two attached hydrogens (primary N) is 1. The van der Waals surface area contributed by atoms with Crippen LogP contribution in [-0.4, -0.2) is 223 Å². The molecule has 0 aromatic carbocycles. The van der Waals surface area contributed by atoms with Crippen LogP contribution >= 0.6 is 36.7 Å². The number of thiocarbonyl (C=S) groups is 3. The van der Waals surface area contributed by atoms with Gasteiger partial charge in [-0.2, -0.15) is 0 Å². The number of nitrogens with one attached hydrogen (secondary N) is 10. The first-order chi connectivity index (χ1) is 35.1. The van der Waals surface area contributed by atoms with Crippen molar-refractivity contribution in [3.8, 4) is 0 Å². The van der Waals surface area contributed by atoms with Crippen molar-refractivity contribution in [2.45, 2.75) is 44.4 Å². The second-order valence-electron chi connectivity index (χ2n) is 15.9. The number of amides is 12. The number of carbonyl (C=O) groups is 10. The van der Waals surface area contributed by atoms with E-state index >= 15 is 0 Å². The number of hydrogen-bond acceptors (Lipinski definition) is 18. The predicted octanol–water partition coefficient (Wildman–Crippen LogP) is -5.13. The van der Waals surface area contributed by atoms with Crippen LogP contribution in [0.15, 0.2) is 18.2 Å². The Bertz CT molecular complexity index is 2220. The molecule has 2 unspecified atom stereocenters. The van der Waals surface area contributed by atoms with Gasteiger partial charge < -0.3 is 31.1 Å². The fraction of sp³-hybridized carbons (Fsp3) is 0.526. The van der Waals surface area contributed by atoms with Gasteiger partial charge in [0.25, 0.3) is 0 Å². The Labute approximate surface area is 449 Å². The van der Waals surface area contributed by atoms with Crippen molar-refractivity contribution in [3.05, 3.63) is 29.6 Å². The molecule has 12 amide bonds. The molecule has 6 heterocycles. The molecule has 0 aliphatic carbocycles. The van der Waals surface area contributed by atoms with Gasteiger partial charge >= 0.3 is 36.1 Å². The summed E-state index contributed by atoms with van der Waals surface area (Å²) in [6.45, 7) is 1.77. The molecule has 5 aliphatic heterocycles. The molecule has 1 aromatic rings. The minimum Gasteiger partial charge on any atom is -0.480 e. The molecule has 4 fully saturated rings. The number of fused-ring (bicyclic) bond motifs is 2. The Kier molecular flexibility index (Phi) is 24.6. The monoisotopic (exact) mass is 1140 g/mol. The van der Waals surface area contributed by atoms with Gasteiger partial charge in [0.1, 0.15) is 38.3 Å². The number of nitrogens with zero attached hydrogens (tertiary/aromatic N) is 8. The van der Waals surface area contributed by atoms with E-state index in [1.54, 1.807) is 28.0 Å². The molecule has 2 atom stereocenters. The van der Waals surface area contributed by atoms with E-state index in [0.29, 0.717) is 44.0 Å². The number of carbonyl (C=O) groups excluding carboxylic acids is 8. The van der Waals surface area contributed by atoms with E-state index in [9.17, 15) is 62.5 Å². The molecule has 14 N–H and O–H groups in total. The van der Waals surface area contributed by atoms with Crippen LogP contribution in [0, 0.1) is 0 Å². The van der Waals surface area contributed by atoms with Crippen molar-refractivity contribution in [3.63, 3.8) is 0 Å². The number of aromatic nitrogens is 1. The van der Waals surface area contributed by atoms with Crippen LogP contribution < -0.4 is 59.3 Å². The van der Waals surface area contributed by atoms with E-state index in [1.165, 1.54) is 0 Å². The van der Waals surface area contributed by atoms with Crippen LogP contribution in [0.25, 0.3) is 0 Å². The maximum atomic E-state index is 12.8. The summed E-state index contributed by atoms with van der Waals surface area (Å²) in [5.74, 6) is 0.960. The Morgan fingerprint density at radius 3 is 1.32 bits per heavy atom. The molecule has 5 aliphatic rings. The maximum Gasteiger partial charge on any atom is 0.343 e. The molecule has 31 nitrogen and oxygen atoms in total. The third-order valence-electron chi connectivity index (χ3n) is 10.7. The minimum atomic E-state index is -1.09. The van der Waals surface area contributed by atoms with Crippen LogP contribution in [0.1, 0.15) is 32.0 Å². The van der Waals surface area contributed by atoms with Gasteiger partial charge in [-0.15, -0.1) is 0 Å². The van der Waals surface area contributed by atoms with Crippen LogP contribution in [-0.2, 0) is 58.9 Å². The third kappa shape index (κ3) is 19.9. The fourth-order valence-electron chi connectivity index (χ4n) is 7.30. The minimum absolute atomic E-state index is 0. The molecule has 407 valence electrons. The van der Waals surface area contributed by atoms with E-state index in [0.717, 1.165) is 20.0 Å². The SMILES string of the molecule is NN1CC(=O)NC1=O.O=C1CN(NC(=S)NCCCN2CCN(C(CCNC(=S)NN3CC(=O)NC3=O)C(=O)O)Cc3cccc(n3)CN(C(CCNC(=S)NN3CC(=O)NC3=O)C(=O)O)CC2)C(=O)N1.[2H]CF.[Mn]. The van der Waals surface area contributed by atoms with Crippen molar-refractivity contribution < 1.29 is 81.0 Å². The van der Waals surface area contributed by atoms with Crippen molar-refractivity contribution in [1.82, 2.24) is 93.2 Å². The molecule has 4 saturated heterocycles. The van der Waals surface area contributed by atoms with Gasteiger partial charge in [-0.3, -0.25) is 90.5 Å². The van der Waals surface area contributed by atoms with Crippen molar-refractivity contribution in [1.29, 1.82) is 0 Å². The zero-order chi connectivity index (χ0) is 54.5. The number of imide groups is 4. The summed E-state index contributed by atoms with van der Waals surface area (Å²) in [5.41, 5.74) is 9.00. The van der Waals surface area contributed by atoms with Gasteiger partial charge in [-0.05, 0) is 74.6 Å². The summed E-state index contributed by atoms with van der Waals surface area (Å²) in [5, 5.41) is 42.2. The quantitative estimate of drug-likeness (QED) is 0.0173. The Morgan fingerprint density at radius 1 is 0.649 bits per heavy atom. The van der Waals surface area contributed by atoms with Gasteiger partial charge in [0, 0.05) is 76.0 Å². The van der Waals surface area contributed by atoms with E-state index in [1.807, 2.05) is 5.32 Å². The van der Waals surface area contributed by atoms with E-state index in [4.69, 9.17) is 48.9 Å². The second kappa shape index (κ2) is 30.4. The maximum absolute atomic E-state index is 12.8. The Hall–Kier alpha value is -6.79. The fourth-order valence-corrected chi connectivity index (χ4v) is 7.94. The summed E-state index contributed by atoms with van der Waals surface area (Å²) in [6, 6.07) is 0.744. The molecular formula is C38H56FMnN19O12S3. The topological polar surface area (TPSA) is 393 Å². The molecule has 36 heteroatoms. The summed E-state index contributed by atoms with van der Waals surface area (Å²) in [7, 11) is -1.00. The summed E-state index contributed by atoms with van der Waals surface area (Å²) >= 11 is 15.8. The molecule has 0 spiro atoms. The van der Waals surface area contributed by atoms with E-state index in [2.05, 4.69) is 53.1 Å². The number of hydrazine groups is 4. The summed E-state index contributed by atoms with van der Waals surface area (Å²) in [6.07, 6.45) is 0.686. The molecule has 6 rings (SSSR count). The normalized spacial score (nSPS) is 18.2. The number of carboxylic acid groups (broad SMARTS) is 2. The number of pyridine rings is 1. The molecule has 0 saturated carbocycles. The largest absolute Gasteiger partial charge is 0.480 e. The molecule has 1 aromatic heterocycles. The second-order valence-corrected chi connectivity index (χ2v) is 17.2. The van der Waals surface area contributed by atoms with Crippen LogP contribution in [0.5, 0.6) is 0 Å². The van der Waals surface area contributed by atoms with Gasteiger partial charge in [-0.1, -0.05) is 6.07 Å². The smallest absolute Gasteiger partial charge is 0.343 e. The number of carboxylic acids is 2. The first-order valence-corrected chi connectivity index (χ1v) is 23.2. The van der Waals surface area contributed by atoms with Crippen LogP contribution in [0.2, 0.25) is 0 Å². The number of urea groups is 4. The first kappa shape index (κ1) is 59.8. The number of alkyl halides is 1. The molecule has 1 radical (unpaired) electrons. The molecular weight excluding hydrogens is 1080 g/mol. The summed E-state index contributed by atoms with van der Waals surface area (Å²) < 4.78 is 15.5. The van der Waals surface area contributed by atoms with Gasteiger partial charge in [0.05, 0.1) is 19.9 Å². The Balaban J connectivity index is 0.00000110. The number of hydrogen-bond donors (Lipinski definition) is 13. The first-order valence-electron chi connectivity index (χ1n) is 22.7. The zero-order valence-electron chi connectivity index (χ0n) is 40.2. The average Bonchev–Trinajstić information content (AvgIpc) is 4.02.